The Balaban J connectivity index is 1.42. The van der Waals surface area contributed by atoms with Crippen molar-refractivity contribution >= 4 is 17.5 Å². The number of carbonyl (C=O) groups is 2. The van der Waals surface area contributed by atoms with Gasteiger partial charge in [0.25, 0.3) is 0 Å². The molecule has 2 aromatic rings. The fourth-order valence-electron chi connectivity index (χ4n) is 5.40. The number of carbonyl (C=O) groups excluding carboxylic acids is 2. The largest absolute Gasteiger partial charge is 0.392 e. The fourth-order valence-corrected chi connectivity index (χ4v) is 5.40. The maximum absolute atomic E-state index is 12.6. The first-order chi connectivity index (χ1) is 19.3. The van der Waals surface area contributed by atoms with Gasteiger partial charge in [0.2, 0.25) is 11.8 Å². The summed E-state index contributed by atoms with van der Waals surface area (Å²) < 4.78 is 13.1. The second-order valence-corrected chi connectivity index (χ2v) is 11.0. The number of nitrogens with one attached hydrogen (secondary N) is 2. The minimum atomic E-state index is -0.623. The molecule has 2 aliphatic heterocycles. The Labute approximate surface area is 236 Å². The molecule has 9 nitrogen and oxygen atoms in total. The normalized spacial score (nSPS) is 25.1. The van der Waals surface area contributed by atoms with Crippen molar-refractivity contribution in [2.45, 2.75) is 77.2 Å². The number of likely N-dealkylation sites (tertiary alicyclic amines) is 1. The number of ether oxygens (including phenoxy) is 2. The number of benzene rings is 2. The highest BCUT2D eigenvalue weighted by Crippen LogP contribution is 2.42. The van der Waals surface area contributed by atoms with E-state index >= 15 is 0 Å². The lowest BCUT2D eigenvalue weighted by Crippen LogP contribution is -2.44. The van der Waals surface area contributed by atoms with E-state index in [1.807, 2.05) is 48.5 Å². The van der Waals surface area contributed by atoms with Crippen molar-refractivity contribution < 1.29 is 29.3 Å². The maximum Gasteiger partial charge on any atom is 0.224 e. The number of nitrogens with zero attached hydrogens (tertiary/aromatic N) is 1. The molecular weight excluding hydrogens is 510 g/mol. The van der Waals surface area contributed by atoms with E-state index in [2.05, 4.69) is 22.5 Å². The van der Waals surface area contributed by atoms with Crippen LogP contribution < -0.4 is 10.6 Å². The van der Waals surface area contributed by atoms with Crippen LogP contribution in [0.15, 0.2) is 48.5 Å². The minimum Gasteiger partial charge on any atom is -0.392 e. The number of hydrogen-bond donors (Lipinski definition) is 4. The van der Waals surface area contributed by atoms with Gasteiger partial charge >= 0.3 is 0 Å². The van der Waals surface area contributed by atoms with E-state index < -0.39 is 6.29 Å². The lowest BCUT2D eigenvalue weighted by molar-refractivity contribution is -0.276. The lowest BCUT2D eigenvalue weighted by Gasteiger charge is -2.42. The summed E-state index contributed by atoms with van der Waals surface area (Å²) in [5, 5.41) is 25.3. The number of β-amino-alcohol motifs (C(OH)–C–C–N with tert-alkyl or cyclic N) is 1. The Bertz CT molecular complexity index is 1110. The summed E-state index contributed by atoms with van der Waals surface area (Å²) in [5.41, 5.74) is 3.38. The van der Waals surface area contributed by atoms with Crippen LogP contribution in [0, 0.1) is 5.92 Å². The van der Waals surface area contributed by atoms with E-state index in [9.17, 15) is 19.8 Å². The number of aliphatic hydroxyl groups excluding tert-OH is 2. The van der Waals surface area contributed by atoms with Gasteiger partial charge in [0.1, 0.15) is 0 Å². The van der Waals surface area contributed by atoms with Crippen LogP contribution >= 0.6 is 0 Å². The third kappa shape index (κ3) is 8.59. The Morgan fingerprint density at radius 2 is 1.85 bits per heavy atom. The molecule has 0 aromatic heterocycles. The first-order valence-corrected chi connectivity index (χ1v) is 14.4. The van der Waals surface area contributed by atoms with Crippen molar-refractivity contribution in [1.29, 1.82) is 0 Å². The zero-order chi connectivity index (χ0) is 28.5. The van der Waals surface area contributed by atoms with Gasteiger partial charge in [-0.2, -0.15) is 0 Å². The van der Waals surface area contributed by atoms with Crippen LogP contribution in [0.2, 0.25) is 0 Å². The Kier molecular flexibility index (Phi) is 11.1. The SMILES string of the molecule is CC(=O)NCCCCCC(=O)Nc1cccc([C@@H]2O[C@H](CN3CC[C@H](O)C3)[C@H](C)[C@H](c3ccc(CO)cc3)O2)c1. The number of anilines is 1. The number of rotatable bonds is 12. The summed E-state index contributed by atoms with van der Waals surface area (Å²) in [5.74, 6) is -0.0318. The molecule has 218 valence electrons. The summed E-state index contributed by atoms with van der Waals surface area (Å²) in [4.78, 5) is 25.8. The van der Waals surface area contributed by atoms with Crippen molar-refractivity contribution in [3.63, 3.8) is 0 Å². The predicted molar refractivity (Wildman–Crippen MR) is 152 cm³/mol. The van der Waals surface area contributed by atoms with Crippen LogP contribution in [0.3, 0.4) is 0 Å². The van der Waals surface area contributed by atoms with Crippen molar-refractivity contribution in [2.75, 3.05) is 31.5 Å². The molecule has 2 fully saturated rings. The molecule has 40 heavy (non-hydrogen) atoms. The molecule has 4 rings (SSSR count). The molecule has 0 saturated carbocycles. The van der Waals surface area contributed by atoms with Gasteiger partial charge in [-0.15, -0.1) is 0 Å². The van der Waals surface area contributed by atoms with Gasteiger partial charge in [-0.05, 0) is 42.5 Å². The predicted octanol–water partition coefficient (Wildman–Crippen LogP) is 3.67. The molecule has 5 atom stereocenters. The van der Waals surface area contributed by atoms with Crippen molar-refractivity contribution in [3.8, 4) is 0 Å². The molecular formula is C31H43N3O6. The topological polar surface area (TPSA) is 120 Å². The highest BCUT2D eigenvalue weighted by molar-refractivity contribution is 5.90. The van der Waals surface area contributed by atoms with E-state index in [0.29, 0.717) is 31.7 Å². The molecule has 2 heterocycles. The average Bonchev–Trinajstić information content (AvgIpc) is 3.36. The van der Waals surface area contributed by atoms with E-state index in [1.165, 1.54) is 6.92 Å². The molecule has 0 spiro atoms. The summed E-state index contributed by atoms with van der Waals surface area (Å²) in [6.07, 6.45) is 2.37. The molecule has 2 aliphatic rings. The molecule has 0 radical (unpaired) electrons. The van der Waals surface area contributed by atoms with Crippen LogP contribution in [0.1, 0.15) is 75.0 Å². The second kappa shape index (κ2) is 14.7. The zero-order valence-electron chi connectivity index (χ0n) is 23.6. The van der Waals surface area contributed by atoms with Gasteiger partial charge in [0.15, 0.2) is 6.29 Å². The van der Waals surface area contributed by atoms with Gasteiger partial charge in [-0.3, -0.25) is 14.5 Å². The highest BCUT2D eigenvalue weighted by Gasteiger charge is 2.40. The Hall–Kier alpha value is -2.82. The van der Waals surface area contributed by atoms with Gasteiger partial charge < -0.3 is 30.3 Å². The highest BCUT2D eigenvalue weighted by atomic mass is 16.7. The van der Waals surface area contributed by atoms with Gasteiger partial charge in [-0.25, -0.2) is 0 Å². The standard InChI is InChI=1S/C31H43N3O6/c1-21-28(19-34-16-14-27(37)18-34)39-31(40-30(21)24-12-10-23(20-35)11-13-24)25-7-6-8-26(17-25)33-29(38)9-4-3-5-15-32-22(2)36/h6-8,10-13,17,21,27-28,30-31,35,37H,3-5,9,14-16,18-20H2,1-2H3,(H,32,36)(H,33,38)/t21-,27-,28+,30+,31+/m0/s1. The van der Waals surface area contributed by atoms with E-state index in [-0.39, 0.29) is 42.7 Å². The lowest BCUT2D eigenvalue weighted by atomic mass is 9.90. The van der Waals surface area contributed by atoms with Crippen LogP contribution in [0.5, 0.6) is 0 Å². The molecule has 9 heteroatoms. The average molecular weight is 554 g/mol. The van der Waals surface area contributed by atoms with Crippen LogP contribution in [0.4, 0.5) is 5.69 Å². The smallest absolute Gasteiger partial charge is 0.224 e. The van der Waals surface area contributed by atoms with Crippen LogP contribution in [0.25, 0.3) is 0 Å². The third-order valence-corrected chi connectivity index (χ3v) is 7.71. The van der Waals surface area contributed by atoms with Crippen LogP contribution in [-0.4, -0.2) is 65.3 Å². The summed E-state index contributed by atoms with van der Waals surface area (Å²) in [6, 6.07) is 15.4. The first kappa shape index (κ1) is 30.1. The molecule has 0 bridgehead atoms. The van der Waals surface area contributed by atoms with Crippen molar-refractivity contribution in [3.05, 3.63) is 65.2 Å². The molecule has 0 aliphatic carbocycles. The number of unbranched alkanes of at least 4 members (excludes halogenated alkanes) is 2. The quantitative estimate of drug-likeness (QED) is 0.296. The molecule has 2 amide bonds. The minimum absolute atomic E-state index is 0.0113. The van der Waals surface area contributed by atoms with E-state index in [4.69, 9.17) is 9.47 Å². The van der Waals surface area contributed by atoms with Crippen molar-refractivity contribution in [1.82, 2.24) is 10.2 Å². The second-order valence-electron chi connectivity index (χ2n) is 11.0. The van der Waals surface area contributed by atoms with E-state index in [1.54, 1.807) is 0 Å². The Morgan fingerprint density at radius 1 is 1.05 bits per heavy atom. The molecule has 2 aromatic carbocycles. The van der Waals surface area contributed by atoms with Gasteiger partial charge in [-0.1, -0.05) is 49.7 Å². The number of amides is 2. The summed E-state index contributed by atoms with van der Waals surface area (Å²) >= 11 is 0. The van der Waals surface area contributed by atoms with E-state index in [0.717, 1.165) is 48.9 Å². The zero-order valence-corrected chi connectivity index (χ0v) is 23.6. The number of hydrogen-bond acceptors (Lipinski definition) is 7. The first-order valence-electron chi connectivity index (χ1n) is 14.4. The molecule has 0 unspecified atom stereocenters. The number of aliphatic hydroxyl groups is 2. The van der Waals surface area contributed by atoms with Gasteiger partial charge in [0.05, 0.1) is 24.9 Å². The summed E-state index contributed by atoms with van der Waals surface area (Å²) in [7, 11) is 0. The summed E-state index contributed by atoms with van der Waals surface area (Å²) in [6.45, 7) is 6.42. The maximum atomic E-state index is 12.6. The van der Waals surface area contributed by atoms with Crippen LogP contribution in [-0.2, 0) is 25.7 Å². The molecule has 2 saturated heterocycles. The third-order valence-electron chi connectivity index (χ3n) is 7.71. The van der Waals surface area contributed by atoms with Gasteiger partial charge in [0, 0.05) is 56.7 Å². The Morgan fingerprint density at radius 3 is 2.55 bits per heavy atom. The fraction of sp³-hybridized carbons (Fsp3) is 0.548. The monoisotopic (exact) mass is 553 g/mol. The molecule has 4 N–H and O–H groups in total. The van der Waals surface area contributed by atoms with Crippen molar-refractivity contribution in [2.24, 2.45) is 5.92 Å².